The summed E-state index contributed by atoms with van der Waals surface area (Å²) in [7, 11) is 0. The monoisotopic (exact) mass is 340 g/mol. The van der Waals surface area contributed by atoms with Crippen LogP contribution in [0.3, 0.4) is 0 Å². The maximum absolute atomic E-state index is 14.1. The van der Waals surface area contributed by atoms with E-state index in [-0.39, 0.29) is 35.6 Å². The van der Waals surface area contributed by atoms with E-state index in [0.717, 1.165) is 38.3 Å². The quantitative estimate of drug-likeness (QED) is 0.809. The zero-order valence-electron chi connectivity index (χ0n) is 11.6. The van der Waals surface area contributed by atoms with Crippen LogP contribution >= 0.6 is 24.0 Å². The summed E-state index contributed by atoms with van der Waals surface area (Å²) < 4.78 is 27.7. The summed E-state index contributed by atoms with van der Waals surface area (Å²) in [6.07, 6.45) is 1.08. The van der Waals surface area contributed by atoms with Crippen molar-refractivity contribution in [1.82, 2.24) is 10.2 Å². The average molecular weight is 341 g/mol. The van der Waals surface area contributed by atoms with Gasteiger partial charge in [-0.25, -0.2) is 8.78 Å². The molecule has 0 spiro atoms. The fourth-order valence-corrected chi connectivity index (χ4v) is 2.92. The van der Waals surface area contributed by atoms with Crippen LogP contribution in [0.5, 0.6) is 0 Å². The highest BCUT2D eigenvalue weighted by Gasteiger charge is 2.27. The molecule has 0 saturated carbocycles. The first-order valence-corrected chi connectivity index (χ1v) is 7.22. The Balaban J connectivity index is 0.00000220. The molecule has 1 fully saturated rings. The van der Waals surface area contributed by atoms with Crippen LogP contribution in [-0.4, -0.2) is 42.8 Å². The molecule has 21 heavy (non-hydrogen) atoms. The van der Waals surface area contributed by atoms with Crippen LogP contribution in [0.1, 0.15) is 24.4 Å². The van der Waals surface area contributed by atoms with Gasteiger partial charge in [-0.05, 0) is 25.0 Å². The minimum Gasteiger partial charge on any atom is -0.396 e. The predicted molar refractivity (Wildman–Crippen MR) is 82.1 cm³/mol. The fourth-order valence-electron chi connectivity index (χ4n) is 2.64. The summed E-state index contributed by atoms with van der Waals surface area (Å²) in [5.41, 5.74) is 0.210. The Morgan fingerprint density at radius 1 is 1.24 bits per heavy atom. The van der Waals surface area contributed by atoms with Gasteiger partial charge in [0, 0.05) is 44.4 Å². The highest BCUT2D eigenvalue weighted by molar-refractivity contribution is 6.31. The molecule has 0 bridgehead atoms. The number of halogens is 4. The first-order chi connectivity index (χ1) is 9.65. The minimum atomic E-state index is -0.604. The lowest BCUT2D eigenvalue weighted by atomic mass is 9.98. The predicted octanol–water partition coefficient (Wildman–Crippen LogP) is 2.76. The van der Waals surface area contributed by atoms with Crippen molar-refractivity contribution < 1.29 is 13.9 Å². The molecule has 1 aliphatic rings. The van der Waals surface area contributed by atoms with E-state index in [2.05, 4.69) is 10.2 Å². The van der Waals surface area contributed by atoms with Crippen LogP contribution in [0.2, 0.25) is 5.02 Å². The van der Waals surface area contributed by atoms with Gasteiger partial charge >= 0.3 is 0 Å². The molecule has 0 unspecified atom stereocenters. The normalized spacial score (nSPS) is 17.3. The van der Waals surface area contributed by atoms with E-state index in [1.165, 1.54) is 0 Å². The van der Waals surface area contributed by atoms with E-state index in [0.29, 0.717) is 12.8 Å². The van der Waals surface area contributed by atoms with Crippen molar-refractivity contribution in [2.45, 2.75) is 18.9 Å². The molecule has 1 heterocycles. The second kappa shape index (κ2) is 8.86. The maximum Gasteiger partial charge on any atom is 0.142 e. The Bertz CT molecular complexity index is 457. The minimum absolute atomic E-state index is 0. The van der Waals surface area contributed by atoms with Crippen molar-refractivity contribution in [3.63, 3.8) is 0 Å². The van der Waals surface area contributed by atoms with Crippen LogP contribution < -0.4 is 5.32 Å². The third kappa shape index (κ3) is 4.50. The summed E-state index contributed by atoms with van der Waals surface area (Å²) in [6, 6.07) is 1.86. The SMILES string of the molecule is Cl.OCCC[C@H](c1c(F)ccc(F)c1Cl)N1CCNCC1. The van der Waals surface area contributed by atoms with E-state index in [4.69, 9.17) is 16.7 Å². The van der Waals surface area contributed by atoms with Crippen molar-refractivity contribution in [3.8, 4) is 0 Å². The van der Waals surface area contributed by atoms with Gasteiger partial charge in [0.15, 0.2) is 0 Å². The number of rotatable bonds is 5. The number of benzene rings is 1. The second-order valence-corrected chi connectivity index (χ2v) is 5.30. The van der Waals surface area contributed by atoms with Crippen molar-refractivity contribution in [2.24, 2.45) is 0 Å². The first kappa shape index (κ1) is 18.6. The Kier molecular flexibility index (Phi) is 7.84. The van der Waals surface area contributed by atoms with Crippen molar-refractivity contribution in [1.29, 1.82) is 0 Å². The highest BCUT2D eigenvalue weighted by Crippen LogP contribution is 2.34. The van der Waals surface area contributed by atoms with Crippen LogP contribution in [0, 0.1) is 11.6 Å². The largest absolute Gasteiger partial charge is 0.396 e. The lowest BCUT2D eigenvalue weighted by molar-refractivity contribution is 0.151. The smallest absolute Gasteiger partial charge is 0.142 e. The summed E-state index contributed by atoms with van der Waals surface area (Å²) in [4.78, 5) is 2.09. The summed E-state index contributed by atoms with van der Waals surface area (Å²) >= 11 is 5.97. The number of hydrogen-bond acceptors (Lipinski definition) is 3. The molecule has 7 heteroatoms. The number of hydrogen-bond donors (Lipinski definition) is 2. The number of nitrogens with zero attached hydrogens (tertiary/aromatic N) is 1. The molecule has 0 amide bonds. The molecule has 2 N–H and O–H groups in total. The molecule has 0 aliphatic carbocycles. The lowest BCUT2D eigenvalue weighted by Gasteiger charge is -2.35. The molecule has 1 aromatic carbocycles. The Morgan fingerprint density at radius 2 is 1.86 bits per heavy atom. The zero-order chi connectivity index (χ0) is 14.5. The van der Waals surface area contributed by atoms with Crippen LogP contribution in [-0.2, 0) is 0 Å². The summed E-state index contributed by atoms with van der Waals surface area (Å²) in [6.45, 7) is 3.15. The highest BCUT2D eigenvalue weighted by atomic mass is 35.5. The third-order valence-electron chi connectivity index (χ3n) is 3.64. The standard InChI is InChI=1S/C14H19ClF2N2O.ClH/c15-14-11(17)4-3-10(16)13(14)12(2-1-9-20)19-7-5-18-6-8-19;/h3-4,12,18,20H,1-2,5-9H2;1H/t12-;/m1./s1. The van der Waals surface area contributed by atoms with Crippen LogP contribution in [0.25, 0.3) is 0 Å². The van der Waals surface area contributed by atoms with E-state index >= 15 is 0 Å². The van der Waals surface area contributed by atoms with Crippen LogP contribution in [0.15, 0.2) is 12.1 Å². The Labute approximate surface area is 134 Å². The van der Waals surface area contributed by atoms with Gasteiger partial charge in [0.2, 0.25) is 0 Å². The molecule has 1 atom stereocenters. The summed E-state index contributed by atoms with van der Waals surface area (Å²) in [5.74, 6) is -1.09. The van der Waals surface area contributed by atoms with Crippen molar-refractivity contribution in [3.05, 3.63) is 34.4 Å². The topological polar surface area (TPSA) is 35.5 Å². The lowest BCUT2D eigenvalue weighted by Crippen LogP contribution is -2.45. The molecular formula is C14H20Cl2F2N2O. The third-order valence-corrected chi connectivity index (χ3v) is 4.02. The van der Waals surface area contributed by atoms with E-state index in [1.807, 2.05) is 0 Å². The molecule has 0 radical (unpaired) electrons. The fraction of sp³-hybridized carbons (Fsp3) is 0.571. The van der Waals surface area contributed by atoms with Gasteiger partial charge in [-0.1, -0.05) is 11.6 Å². The van der Waals surface area contributed by atoms with Gasteiger partial charge in [0.1, 0.15) is 11.6 Å². The van der Waals surface area contributed by atoms with Crippen molar-refractivity contribution >= 4 is 24.0 Å². The molecule has 1 aliphatic heterocycles. The molecular weight excluding hydrogens is 321 g/mol. The second-order valence-electron chi connectivity index (χ2n) is 4.92. The van der Waals surface area contributed by atoms with E-state index in [9.17, 15) is 8.78 Å². The average Bonchev–Trinajstić information content (AvgIpc) is 2.47. The van der Waals surface area contributed by atoms with E-state index < -0.39 is 11.6 Å². The number of piperazine rings is 1. The number of nitrogens with one attached hydrogen (secondary N) is 1. The molecule has 0 aromatic heterocycles. The van der Waals surface area contributed by atoms with Gasteiger partial charge in [0.05, 0.1) is 5.02 Å². The summed E-state index contributed by atoms with van der Waals surface area (Å²) in [5, 5.41) is 12.1. The molecule has 3 nitrogen and oxygen atoms in total. The molecule has 120 valence electrons. The maximum atomic E-state index is 14.1. The van der Waals surface area contributed by atoms with Gasteiger partial charge < -0.3 is 10.4 Å². The van der Waals surface area contributed by atoms with Gasteiger partial charge in [-0.15, -0.1) is 12.4 Å². The van der Waals surface area contributed by atoms with Gasteiger partial charge in [-0.3, -0.25) is 4.90 Å². The molecule has 1 aromatic rings. The van der Waals surface area contributed by atoms with E-state index in [1.54, 1.807) is 0 Å². The number of aliphatic hydroxyl groups is 1. The first-order valence-electron chi connectivity index (χ1n) is 6.84. The number of aliphatic hydroxyl groups excluding tert-OH is 1. The van der Waals surface area contributed by atoms with Crippen molar-refractivity contribution in [2.75, 3.05) is 32.8 Å². The molecule has 1 saturated heterocycles. The Hall–Kier alpha value is -0.460. The zero-order valence-corrected chi connectivity index (χ0v) is 13.2. The van der Waals surface area contributed by atoms with Crippen LogP contribution in [0.4, 0.5) is 8.78 Å². The Morgan fingerprint density at radius 3 is 2.48 bits per heavy atom. The van der Waals surface area contributed by atoms with Gasteiger partial charge in [0.25, 0.3) is 0 Å². The molecule has 2 rings (SSSR count). The van der Waals surface area contributed by atoms with Gasteiger partial charge in [-0.2, -0.15) is 0 Å².